The first-order valence-corrected chi connectivity index (χ1v) is 7.61. The lowest BCUT2D eigenvalue weighted by Crippen LogP contribution is -2.39. The maximum absolute atomic E-state index is 12.6. The van der Waals surface area contributed by atoms with Crippen LogP contribution in [-0.2, 0) is 10.0 Å². The summed E-state index contributed by atoms with van der Waals surface area (Å²) in [5.41, 5.74) is 5.94. The maximum Gasteiger partial charge on any atom is 0.262 e. The first-order chi connectivity index (χ1) is 8.44. The number of sulfonamides is 1. The summed E-state index contributed by atoms with van der Waals surface area (Å²) < 4.78 is 26.7. The minimum atomic E-state index is -3.57. The average molecular weight is 269 g/mol. The molecular weight excluding hydrogens is 250 g/mol. The third kappa shape index (κ3) is 2.22. The second-order valence-corrected chi connectivity index (χ2v) is 6.77. The molecule has 2 heterocycles. The van der Waals surface area contributed by atoms with E-state index in [1.165, 1.54) is 6.20 Å². The van der Waals surface area contributed by atoms with Crippen molar-refractivity contribution in [1.29, 1.82) is 0 Å². The second-order valence-electron chi connectivity index (χ2n) is 4.97. The van der Waals surface area contributed by atoms with Crippen LogP contribution in [-0.4, -0.2) is 30.3 Å². The van der Waals surface area contributed by atoms with E-state index in [-0.39, 0.29) is 16.8 Å². The Morgan fingerprint density at radius 1 is 1.50 bits per heavy atom. The van der Waals surface area contributed by atoms with Gasteiger partial charge in [0, 0.05) is 18.8 Å². The highest BCUT2D eigenvalue weighted by molar-refractivity contribution is 7.89. The van der Waals surface area contributed by atoms with E-state index >= 15 is 0 Å². The van der Waals surface area contributed by atoms with Gasteiger partial charge in [0.2, 0.25) is 0 Å². The molecule has 1 aliphatic heterocycles. The van der Waals surface area contributed by atoms with Gasteiger partial charge in [-0.3, -0.25) is 0 Å². The van der Waals surface area contributed by atoms with Crippen LogP contribution in [0.25, 0.3) is 0 Å². The summed E-state index contributed by atoms with van der Waals surface area (Å²) in [7, 11) is -3.57. The van der Waals surface area contributed by atoms with Gasteiger partial charge >= 0.3 is 0 Å². The van der Waals surface area contributed by atoms with Crippen molar-refractivity contribution in [2.45, 2.75) is 37.8 Å². The summed E-state index contributed by atoms with van der Waals surface area (Å²) in [6, 6.07) is 3.26. The summed E-state index contributed by atoms with van der Waals surface area (Å²) in [6.45, 7) is 4.64. The topological polar surface area (TPSA) is 76.3 Å². The molecule has 18 heavy (non-hydrogen) atoms. The number of aromatic nitrogens is 1. The van der Waals surface area contributed by atoms with Crippen LogP contribution in [0.4, 0.5) is 5.69 Å². The summed E-state index contributed by atoms with van der Waals surface area (Å²) >= 11 is 0. The fraction of sp³-hybridized carbons (Fsp3) is 0.583. The minimum absolute atomic E-state index is 0.0162. The van der Waals surface area contributed by atoms with Gasteiger partial charge in [0.05, 0.1) is 5.69 Å². The first-order valence-electron chi connectivity index (χ1n) is 6.17. The molecule has 2 rings (SSSR count). The molecule has 1 aromatic rings. The highest BCUT2D eigenvalue weighted by Gasteiger charge is 2.38. The van der Waals surface area contributed by atoms with E-state index in [4.69, 9.17) is 5.73 Å². The van der Waals surface area contributed by atoms with Crippen molar-refractivity contribution < 1.29 is 8.42 Å². The molecule has 6 heteroatoms. The zero-order chi connectivity index (χ0) is 13.3. The summed E-state index contributed by atoms with van der Waals surface area (Å²) in [5, 5.41) is -0.0162. The van der Waals surface area contributed by atoms with Crippen molar-refractivity contribution in [3.63, 3.8) is 0 Å². The van der Waals surface area contributed by atoms with Gasteiger partial charge in [-0.2, -0.15) is 4.31 Å². The number of hydrogen-bond donors (Lipinski definition) is 1. The lowest BCUT2D eigenvalue weighted by Gasteiger charge is -2.26. The van der Waals surface area contributed by atoms with Crippen molar-refractivity contribution in [2.75, 3.05) is 12.3 Å². The normalized spacial score (nSPS) is 21.6. The molecule has 2 N–H and O–H groups in total. The van der Waals surface area contributed by atoms with Crippen LogP contribution in [0, 0.1) is 5.92 Å². The zero-order valence-corrected chi connectivity index (χ0v) is 11.5. The SMILES string of the molecule is CC(C)C1CCCN1S(=O)(=O)c1ncccc1N. The van der Waals surface area contributed by atoms with E-state index in [2.05, 4.69) is 4.98 Å². The van der Waals surface area contributed by atoms with Crippen molar-refractivity contribution >= 4 is 15.7 Å². The fourth-order valence-electron chi connectivity index (χ4n) is 2.46. The number of hydrogen-bond acceptors (Lipinski definition) is 4. The van der Waals surface area contributed by atoms with E-state index < -0.39 is 10.0 Å². The molecule has 5 nitrogen and oxygen atoms in total. The third-order valence-electron chi connectivity index (χ3n) is 3.37. The number of anilines is 1. The standard InChI is InChI=1S/C12H19N3O2S/c1-9(2)11-6-4-8-15(11)18(16,17)12-10(13)5-3-7-14-12/h3,5,7,9,11H,4,6,8,13H2,1-2H3. The maximum atomic E-state index is 12.6. The van der Waals surface area contributed by atoms with E-state index in [9.17, 15) is 8.42 Å². The van der Waals surface area contributed by atoms with Gasteiger partial charge in [0.25, 0.3) is 10.0 Å². The molecular formula is C12H19N3O2S. The highest BCUT2D eigenvalue weighted by Crippen LogP contribution is 2.30. The number of rotatable bonds is 3. The Labute approximate surface area is 108 Å². The molecule has 1 fully saturated rings. The smallest absolute Gasteiger partial charge is 0.262 e. The van der Waals surface area contributed by atoms with Gasteiger partial charge in [-0.05, 0) is 30.9 Å². The van der Waals surface area contributed by atoms with Crippen LogP contribution in [0.2, 0.25) is 0 Å². The van der Waals surface area contributed by atoms with Crippen LogP contribution in [0.15, 0.2) is 23.4 Å². The minimum Gasteiger partial charge on any atom is -0.396 e. The predicted molar refractivity (Wildman–Crippen MR) is 70.4 cm³/mol. The first kappa shape index (κ1) is 13.3. The van der Waals surface area contributed by atoms with E-state index in [1.54, 1.807) is 16.4 Å². The Hall–Kier alpha value is -1.14. The molecule has 100 valence electrons. The Morgan fingerprint density at radius 2 is 2.22 bits per heavy atom. The lowest BCUT2D eigenvalue weighted by molar-refractivity contribution is 0.315. The van der Waals surface area contributed by atoms with Crippen molar-refractivity contribution in [1.82, 2.24) is 9.29 Å². The Kier molecular flexibility index (Phi) is 3.59. The van der Waals surface area contributed by atoms with Crippen molar-refractivity contribution in [3.8, 4) is 0 Å². The molecule has 0 bridgehead atoms. The summed E-state index contributed by atoms with van der Waals surface area (Å²) in [4.78, 5) is 3.93. The number of nitrogens with zero attached hydrogens (tertiary/aromatic N) is 2. The highest BCUT2D eigenvalue weighted by atomic mass is 32.2. The Bertz CT molecular complexity index is 528. The molecule has 1 aromatic heterocycles. The average Bonchev–Trinajstić information content (AvgIpc) is 2.78. The summed E-state index contributed by atoms with van der Waals surface area (Å²) in [6.07, 6.45) is 3.27. The van der Waals surface area contributed by atoms with Crippen LogP contribution in [0.5, 0.6) is 0 Å². The van der Waals surface area contributed by atoms with Gasteiger partial charge in [0.1, 0.15) is 0 Å². The molecule has 1 aliphatic rings. The quantitative estimate of drug-likeness (QED) is 0.901. The van der Waals surface area contributed by atoms with E-state index in [0.717, 1.165) is 12.8 Å². The molecule has 1 atom stereocenters. The van der Waals surface area contributed by atoms with E-state index in [1.807, 2.05) is 13.8 Å². The number of nitrogens with two attached hydrogens (primary N) is 1. The largest absolute Gasteiger partial charge is 0.396 e. The molecule has 0 radical (unpaired) electrons. The number of pyridine rings is 1. The van der Waals surface area contributed by atoms with E-state index in [0.29, 0.717) is 12.5 Å². The van der Waals surface area contributed by atoms with Crippen LogP contribution < -0.4 is 5.73 Å². The van der Waals surface area contributed by atoms with Crippen LogP contribution >= 0.6 is 0 Å². The molecule has 1 unspecified atom stereocenters. The van der Waals surface area contributed by atoms with Gasteiger partial charge in [-0.15, -0.1) is 0 Å². The summed E-state index contributed by atoms with van der Waals surface area (Å²) in [5.74, 6) is 0.298. The molecule has 0 spiro atoms. The molecule has 1 saturated heterocycles. The Balaban J connectivity index is 2.40. The second kappa shape index (κ2) is 4.85. The third-order valence-corrected chi connectivity index (χ3v) is 5.27. The predicted octanol–water partition coefficient (Wildman–Crippen LogP) is 1.47. The van der Waals surface area contributed by atoms with Gasteiger partial charge in [0.15, 0.2) is 5.03 Å². The fourth-order valence-corrected chi connectivity index (χ4v) is 4.32. The lowest BCUT2D eigenvalue weighted by atomic mass is 10.0. The van der Waals surface area contributed by atoms with Gasteiger partial charge in [-0.1, -0.05) is 13.8 Å². The van der Waals surface area contributed by atoms with Gasteiger partial charge in [-0.25, -0.2) is 13.4 Å². The van der Waals surface area contributed by atoms with Gasteiger partial charge < -0.3 is 5.73 Å². The number of nitrogen functional groups attached to an aromatic ring is 1. The molecule has 0 aromatic carbocycles. The van der Waals surface area contributed by atoms with Crippen molar-refractivity contribution in [2.24, 2.45) is 5.92 Å². The zero-order valence-electron chi connectivity index (χ0n) is 10.7. The van der Waals surface area contributed by atoms with Crippen LogP contribution in [0.1, 0.15) is 26.7 Å². The monoisotopic (exact) mass is 269 g/mol. The molecule has 0 aliphatic carbocycles. The Morgan fingerprint density at radius 3 is 2.83 bits per heavy atom. The van der Waals surface area contributed by atoms with Crippen molar-refractivity contribution in [3.05, 3.63) is 18.3 Å². The molecule has 0 amide bonds. The molecule has 0 saturated carbocycles. The van der Waals surface area contributed by atoms with Crippen LogP contribution in [0.3, 0.4) is 0 Å².